The number of rotatable bonds is 3. The number of nitriles is 1. The Morgan fingerprint density at radius 2 is 2.31 bits per heavy atom. The number of nitrogens with two attached hydrogens (primary N) is 1. The molecule has 1 atom stereocenters. The molecule has 84 valence electrons. The number of nitrogen functional groups attached to an aromatic ring is 1. The zero-order valence-electron chi connectivity index (χ0n) is 9.45. The molecule has 1 unspecified atom stereocenters. The number of carbonyl (C=O) groups excluding carboxylic acids is 1. The normalized spacial score (nSPS) is 11.6. The molecule has 0 aliphatic carbocycles. The summed E-state index contributed by atoms with van der Waals surface area (Å²) in [6.07, 6.45) is 0.289. The van der Waals surface area contributed by atoms with Crippen molar-refractivity contribution < 1.29 is 4.79 Å². The number of hydrogen-bond acceptors (Lipinski definition) is 3. The number of aryl methyl sites for hydroxylation is 1. The molecule has 0 aromatic heterocycles. The summed E-state index contributed by atoms with van der Waals surface area (Å²) in [7, 11) is 0. The standard InChI is InChI=1S/C12H15N3O/c1-8-4-3-5-10(11(8)14)12(16)15-9(2)6-7-13/h3-5,9H,6,14H2,1-2H3,(H,15,16). The molecular formula is C12H15N3O. The van der Waals surface area contributed by atoms with E-state index in [4.69, 9.17) is 11.0 Å². The summed E-state index contributed by atoms with van der Waals surface area (Å²) in [5.41, 5.74) is 7.64. The Morgan fingerprint density at radius 1 is 1.62 bits per heavy atom. The number of hydrogen-bond donors (Lipinski definition) is 2. The molecule has 1 aromatic carbocycles. The third-order valence-corrected chi connectivity index (χ3v) is 2.34. The quantitative estimate of drug-likeness (QED) is 0.755. The minimum absolute atomic E-state index is 0.169. The highest BCUT2D eigenvalue weighted by Crippen LogP contribution is 2.16. The summed E-state index contributed by atoms with van der Waals surface area (Å²) in [4.78, 5) is 11.8. The number of para-hydroxylation sites is 1. The van der Waals surface area contributed by atoms with Gasteiger partial charge in [-0.15, -0.1) is 0 Å². The van der Waals surface area contributed by atoms with Crippen LogP contribution in [0.1, 0.15) is 29.3 Å². The van der Waals surface area contributed by atoms with E-state index in [1.807, 2.05) is 19.1 Å². The van der Waals surface area contributed by atoms with Crippen LogP contribution in [0.5, 0.6) is 0 Å². The maximum Gasteiger partial charge on any atom is 0.253 e. The van der Waals surface area contributed by atoms with Gasteiger partial charge in [0.05, 0.1) is 18.1 Å². The highest BCUT2D eigenvalue weighted by atomic mass is 16.1. The Bertz CT molecular complexity index is 434. The fourth-order valence-electron chi connectivity index (χ4n) is 1.37. The van der Waals surface area contributed by atoms with E-state index in [9.17, 15) is 4.79 Å². The average molecular weight is 217 g/mol. The number of benzene rings is 1. The summed E-state index contributed by atoms with van der Waals surface area (Å²) < 4.78 is 0. The molecular weight excluding hydrogens is 202 g/mol. The van der Waals surface area contributed by atoms with Crippen molar-refractivity contribution in [2.75, 3.05) is 5.73 Å². The van der Waals surface area contributed by atoms with Crippen molar-refractivity contribution in [3.63, 3.8) is 0 Å². The van der Waals surface area contributed by atoms with Gasteiger partial charge < -0.3 is 11.1 Å². The number of nitrogens with zero attached hydrogens (tertiary/aromatic N) is 1. The van der Waals surface area contributed by atoms with Crippen molar-refractivity contribution in [1.82, 2.24) is 5.32 Å². The van der Waals surface area contributed by atoms with Crippen LogP contribution >= 0.6 is 0 Å². The second kappa shape index (κ2) is 5.17. The van der Waals surface area contributed by atoms with E-state index in [0.29, 0.717) is 11.3 Å². The van der Waals surface area contributed by atoms with Gasteiger partial charge in [0, 0.05) is 11.7 Å². The lowest BCUT2D eigenvalue weighted by molar-refractivity contribution is 0.0941. The molecule has 0 heterocycles. The first-order valence-corrected chi connectivity index (χ1v) is 5.09. The van der Waals surface area contributed by atoms with Gasteiger partial charge in [0.15, 0.2) is 0 Å². The molecule has 16 heavy (non-hydrogen) atoms. The Morgan fingerprint density at radius 3 is 2.94 bits per heavy atom. The van der Waals surface area contributed by atoms with Gasteiger partial charge in [-0.2, -0.15) is 5.26 Å². The maximum atomic E-state index is 11.8. The smallest absolute Gasteiger partial charge is 0.253 e. The molecule has 0 saturated carbocycles. The average Bonchev–Trinajstić information content (AvgIpc) is 2.22. The minimum atomic E-state index is -0.232. The van der Waals surface area contributed by atoms with E-state index in [2.05, 4.69) is 5.32 Å². The van der Waals surface area contributed by atoms with Crippen molar-refractivity contribution in [2.24, 2.45) is 0 Å². The summed E-state index contributed by atoms with van der Waals surface area (Å²) in [5, 5.41) is 11.2. The number of amides is 1. The molecule has 0 saturated heterocycles. The highest BCUT2D eigenvalue weighted by molar-refractivity contribution is 5.99. The molecule has 0 aliphatic rings. The van der Waals surface area contributed by atoms with Crippen LogP contribution in [-0.2, 0) is 0 Å². The first-order valence-electron chi connectivity index (χ1n) is 5.09. The Hall–Kier alpha value is -2.02. The molecule has 0 fully saturated rings. The van der Waals surface area contributed by atoms with E-state index in [-0.39, 0.29) is 18.4 Å². The van der Waals surface area contributed by atoms with E-state index in [0.717, 1.165) is 5.56 Å². The van der Waals surface area contributed by atoms with Crippen LogP contribution < -0.4 is 11.1 Å². The van der Waals surface area contributed by atoms with Crippen LogP contribution in [0, 0.1) is 18.3 Å². The fraction of sp³-hybridized carbons (Fsp3) is 0.333. The van der Waals surface area contributed by atoms with Gasteiger partial charge in [0.2, 0.25) is 0 Å². The molecule has 1 aromatic rings. The molecule has 4 nitrogen and oxygen atoms in total. The summed E-state index contributed by atoms with van der Waals surface area (Å²) in [5.74, 6) is -0.232. The largest absolute Gasteiger partial charge is 0.398 e. The van der Waals surface area contributed by atoms with Gasteiger partial charge in [-0.3, -0.25) is 4.79 Å². The minimum Gasteiger partial charge on any atom is -0.398 e. The SMILES string of the molecule is Cc1cccc(C(=O)NC(C)CC#N)c1N. The molecule has 1 amide bonds. The van der Waals surface area contributed by atoms with E-state index >= 15 is 0 Å². The van der Waals surface area contributed by atoms with E-state index in [1.165, 1.54) is 0 Å². The first kappa shape index (κ1) is 12.1. The molecule has 0 radical (unpaired) electrons. The van der Waals surface area contributed by atoms with Gasteiger partial charge in [-0.05, 0) is 25.5 Å². The summed E-state index contributed by atoms with van der Waals surface area (Å²) in [6.45, 7) is 3.64. The maximum absolute atomic E-state index is 11.8. The van der Waals surface area contributed by atoms with Crippen LogP contribution in [-0.4, -0.2) is 11.9 Å². The predicted octanol–water partition coefficient (Wildman–Crippen LogP) is 1.61. The monoisotopic (exact) mass is 217 g/mol. The van der Waals surface area contributed by atoms with Gasteiger partial charge in [-0.25, -0.2) is 0 Å². The zero-order chi connectivity index (χ0) is 12.1. The van der Waals surface area contributed by atoms with Crippen LogP contribution in [0.4, 0.5) is 5.69 Å². The molecule has 1 rings (SSSR count). The molecule has 3 N–H and O–H groups in total. The second-order valence-electron chi connectivity index (χ2n) is 3.77. The Labute approximate surface area is 95.1 Å². The van der Waals surface area contributed by atoms with Crippen molar-refractivity contribution >= 4 is 11.6 Å². The van der Waals surface area contributed by atoms with Crippen LogP contribution in [0.3, 0.4) is 0 Å². The van der Waals surface area contributed by atoms with Gasteiger partial charge in [-0.1, -0.05) is 12.1 Å². The lowest BCUT2D eigenvalue weighted by atomic mass is 10.1. The zero-order valence-corrected chi connectivity index (χ0v) is 9.45. The van der Waals surface area contributed by atoms with Crippen molar-refractivity contribution in [3.8, 4) is 6.07 Å². The topological polar surface area (TPSA) is 78.9 Å². The van der Waals surface area contributed by atoms with Crippen molar-refractivity contribution in [2.45, 2.75) is 26.3 Å². The Balaban J connectivity index is 2.82. The van der Waals surface area contributed by atoms with Gasteiger partial charge in [0.25, 0.3) is 5.91 Å². The van der Waals surface area contributed by atoms with Crippen LogP contribution in [0.2, 0.25) is 0 Å². The fourth-order valence-corrected chi connectivity index (χ4v) is 1.37. The second-order valence-corrected chi connectivity index (χ2v) is 3.77. The Kier molecular flexibility index (Phi) is 3.90. The highest BCUT2D eigenvalue weighted by Gasteiger charge is 2.12. The van der Waals surface area contributed by atoms with Gasteiger partial charge in [0.1, 0.15) is 0 Å². The lowest BCUT2D eigenvalue weighted by Gasteiger charge is -2.12. The summed E-state index contributed by atoms with van der Waals surface area (Å²) >= 11 is 0. The molecule has 0 spiro atoms. The number of nitrogens with one attached hydrogen (secondary N) is 1. The molecule has 0 aliphatic heterocycles. The summed E-state index contributed by atoms with van der Waals surface area (Å²) in [6, 6.07) is 7.15. The first-order chi connectivity index (χ1) is 7.56. The molecule has 4 heteroatoms. The predicted molar refractivity (Wildman–Crippen MR) is 62.7 cm³/mol. The van der Waals surface area contributed by atoms with E-state index < -0.39 is 0 Å². The lowest BCUT2D eigenvalue weighted by Crippen LogP contribution is -2.32. The van der Waals surface area contributed by atoms with Crippen LogP contribution in [0.15, 0.2) is 18.2 Å². The third kappa shape index (κ3) is 2.74. The van der Waals surface area contributed by atoms with E-state index in [1.54, 1.807) is 19.1 Å². The van der Waals surface area contributed by atoms with Crippen molar-refractivity contribution in [3.05, 3.63) is 29.3 Å². The number of carbonyl (C=O) groups is 1. The molecule has 0 bridgehead atoms. The van der Waals surface area contributed by atoms with Crippen LogP contribution in [0.25, 0.3) is 0 Å². The van der Waals surface area contributed by atoms with Gasteiger partial charge >= 0.3 is 0 Å². The number of anilines is 1. The van der Waals surface area contributed by atoms with Crippen molar-refractivity contribution in [1.29, 1.82) is 5.26 Å². The third-order valence-electron chi connectivity index (χ3n) is 2.34.